The van der Waals surface area contributed by atoms with Crippen molar-refractivity contribution in [2.24, 2.45) is 5.92 Å². The van der Waals surface area contributed by atoms with E-state index in [1.54, 1.807) is 0 Å². The van der Waals surface area contributed by atoms with E-state index in [9.17, 15) is 0 Å². The maximum Gasteiger partial charge on any atom is 0.125 e. The maximum absolute atomic E-state index is 4.60. The molecule has 0 aliphatic heterocycles. The molecule has 0 bridgehead atoms. The number of nitrogens with zero attached hydrogens (tertiary/aromatic N) is 2. The highest BCUT2D eigenvalue weighted by Gasteiger charge is 2.19. The maximum atomic E-state index is 4.60. The molecular weight excluding hydrogens is 246 g/mol. The first-order chi connectivity index (χ1) is 9.85. The fourth-order valence-corrected chi connectivity index (χ4v) is 3.42. The van der Waals surface area contributed by atoms with Gasteiger partial charge in [0.2, 0.25) is 0 Å². The van der Waals surface area contributed by atoms with Gasteiger partial charge in [0.15, 0.2) is 0 Å². The summed E-state index contributed by atoms with van der Waals surface area (Å²) in [5, 5.41) is 3.70. The monoisotopic (exact) mass is 277 g/mol. The highest BCUT2D eigenvalue weighted by molar-refractivity contribution is 4.99. The first-order valence-corrected chi connectivity index (χ1v) is 8.59. The van der Waals surface area contributed by atoms with Gasteiger partial charge < -0.3 is 9.88 Å². The van der Waals surface area contributed by atoms with Gasteiger partial charge >= 0.3 is 0 Å². The fourth-order valence-electron chi connectivity index (χ4n) is 3.42. The summed E-state index contributed by atoms with van der Waals surface area (Å²) in [6, 6.07) is 0.437. The number of aromatic nitrogens is 2. The molecule has 1 aromatic rings. The fraction of sp³-hybridized carbons (Fsp3) is 0.824. The number of rotatable bonds is 8. The predicted octanol–water partition coefficient (Wildman–Crippen LogP) is 4.30. The zero-order chi connectivity index (χ0) is 14.2. The lowest BCUT2D eigenvalue weighted by molar-refractivity contribution is 0.309. The highest BCUT2D eigenvalue weighted by Crippen LogP contribution is 2.30. The Morgan fingerprint density at radius 3 is 2.80 bits per heavy atom. The van der Waals surface area contributed by atoms with E-state index in [1.807, 2.05) is 6.20 Å². The summed E-state index contributed by atoms with van der Waals surface area (Å²) in [4.78, 5) is 4.60. The average molecular weight is 277 g/mol. The Hall–Kier alpha value is -0.830. The normalized spacial score (nSPS) is 18.3. The second kappa shape index (κ2) is 8.46. The molecule has 0 amide bonds. The summed E-state index contributed by atoms with van der Waals surface area (Å²) >= 11 is 0. The second-order valence-corrected chi connectivity index (χ2v) is 6.16. The smallest absolute Gasteiger partial charge is 0.125 e. The van der Waals surface area contributed by atoms with Crippen molar-refractivity contribution >= 4 is 0 Å². The molecule has 1 saturated carbocycles. The van der Waals surface area contributed by atoms with E-state index >= 15 is 0 Å². The number of nitrogens with one attached hydrogen (secondary N) is 1. The van der Waals surface area contributed by atoms with Crippen molar-refractivity contribution in [3.8, 4) is 0 Å². The molecule has 1 aliphatic carbocycles. The van der Waals surface area contributed by atoms with Crippen LogP contribution in [0.3, 0.4) is 0 Å². The van der Waals surface area contributed by atoms with Gasteiger partial charge in [0.05, 0.1) is 6.04 Å². The summed E-state index contributed by atoms with van der Waals surface area (Å²) in [5.41, 5.74) is 0. The van der Waals surface area contributed by atoms with Crippen LogP contribution >= 0.6 is 0 Å². The Balaban J connectivity index is 1.92. The van der Waals surface area contributed by atoms with Crippen molar-refractivity contribution in [3.63, 3.8) is 0 Å². The quantitative estimate of drug-likeness (QED) is 0.767. The van der Waals surface area contributed by atoms with Gasteiger partial charge in [0.25, 0.3) is 0 Å². The molecular formula is C17H31N3. The number of hydrogen-bond donors (Lipinski definition) is 1. The van der Waals surface area contributed by atoms with Gasteiger partial charge in [-0.15, -0.1) is 0 Å². The molecule has 1 atom stereocenters. The van der Waals surface area contributed by atoms with Gasteiger partial charge in [0.1, 0.15) is 5.82 Å². The molecule has 1 aliphatic rings. The van der Waals surface area contributed by atoms with Crippen LogP contribution in [0.4, 0.5) is 0 Å². The molecule has 20 heavy (non-hydrogen) atoms. The van der Waals surface area contributed by atoms with E-state index in [-0.39, 0.29) is 0 Å². The molecule has 1 heterocycles. The van der Waals surface area contributed by atoms with Crippen LogP contribution in [0.15, 0.2) is 12.4 Å². The summed E-state index contributed by atoms with van der Waals surface area (Å²) in [6.07, 6.45) is 15.1. The Labute approximate surface area is 124 Å². The van der Waals surface area contributed by atoms with Gasteiger partial charge in [-0.3, -0.25) is 0 Å². The van der Waals surface area contributed by atoms with Gasteiger partial charge in [0, 0.05) is 18.9 Å². The molecule has 0 saturated heterocycles. The minimum atomic E-state index is 0.437. The van der Waals surface area contributed by atoms with Crippen molar-refractivity contribution in [2.75, 3.05) is 6.54 Å². The molecule has 2 rings (SSSR count). The Kier molecular flexibility index (Phi) is 6.58. The molecule has 1 aromatic heterocycles. The lowest BCUT2D eigenvalue weighted by atomic mass is 9.85. The van der Waals surface area contributed by atoms with E-state index in [4.69, 9.17) is 0 Å². The van der Waals surface area contributed by atoms with E-state index in [0.717, 1.165) is 19.0 Å². The number of imidazole rings is 1. The lowest BCUT2D eigenvalue weighted by Gasteiger charge is -2.25. The summed E-state index contributed by atoms with van der Waals surface area (Å²) in [6.45, 7) is 6.54. The Morgan fingerprint density at radius 1 is 1.30 bits per heavy atom. The molecule has 1 N–H and O–H groups in total. The standard InChI is InChI=1S/C17H31N3/c1-3-12-18-16(17-19-13-14-20(17)4-2)11-10-15-8-6-5-7-9-15/h13-16,18H,3-12H2,1-2H3. The van der Waals surface area contributed by atoms with E-state index in [1.165, 1.54) is 57.2 Å². The van der Waals surface area contributed by atoms with E-state index < -0.39 is 0 Å². The molecule has 114 valence electrons. The lowest BCUT2D eigenvalue weighted by Crippen LogP contribution is -2.26. The number of hydrogen-bond acceptors (Lipinski definition) is 2. The largest absolute Gasteiger partial charge is 0.334 e. The topological polar surface area (TPSA) is 29.9 Å². The number of aryl methyl sites for hydroxylation is 1. The van der Waals surface area contributed by atoms with E-state index in [0.29, 0.717) is 6.04 Å². The van der Waals surface area contributed by atoms with Crippen LogP contribution in [0.2, 0.25) is 0 Å². The van der Waals surface area contributed by atoms with Gasteiger partial charge in [-0.05, 0) is 38.6 Å². The van der Waals surface area contributed by atoms with Crippen molar-refractivity contribution in [1.29, 1.82) is 0 Å². The molecule has 1 unspecified atom stereocenters. The van der Waals surface area contributed by atoms with Gasteiger partial charge in [-0.1, -0.05) is 39.0 Å². The Morgan fingerprint density at radius 2 is 2.10 bits per heavy atom. The predicted molar refractivity (Wildman–Crippen MR) is 84.7 cm³/mol. The van der Waals surface area contributed by atoms with Gasteiger partial charge in [-0.2, -0.15) is 0 Å². The summed E-state index contributed by atoms with van der Waals surface area (Å²) < 4.78 is 2.29. The van der Waals surface area contributed by atoms with Crippen LogP contribution in [0.1, 0.15) is 77.1 Å². The van der Waals surface area contributed by atoms with Crippen LogP contribution in [0.25, 0.3) is 0 Å². The Bertz CT molecular complexity index is 366. The SMILES string of the molecule is CCCNC(CCC1CCCCC1)c1nccn1CC. The zero-order valence-electron chi connectivity index (χ0n) is 13.3. The molecule has 0 radical (unpaired) electrons. The third kappa shape index (κ3) is 4.34. The minimum Gasteiger partial charge on any atom is -0.334 e. The average Bonchev–Trinajstić information content (AvgIpc) is 2.97. The highest BCUT2D eigenvalue weighted by atomic mass is 15.1. The molecule has 3 heteroatoms. The van der Waals surface area contributed by atoms with Crippen LogP contribution in [0.5, 0.6) is 0 Å². The minimum absolute atomic E-state index is 0.437. The molecule has 0 aromatic carbocycles. The van der Waals surface area contributed by atoms with Crippen LogP contribution in [-0.2, 0) is 6.54 Å². The molecule has 1 fully saturated rings. The van der Waals surface area contributed by atoms with E-state index in [2.05, 4.69) is 34.9 Å². The first-order valence-electron chi connectivity index (χ1n) is 8.59. The zero-order valence-corrected chi connectivity index (χ0v) is 13.3. The summed E-state index contributed by atoms with van der Waals surface area (Å²) in [5.74, 6) is 2.19. The van der Waals surface area contributed by atoms with Crippen molar-refractivity contribution in [3.05, 3.63) is 18.2 Å². The van der Waals surface area contributed by atoms with Crippen LogP contribution in [-0.4, -0.2) is 16.1 Å². The van der Waals surface area contributed by atoms with Crippen molar-refractivity contribution in [1.82, 2.24) is 14.9 Å². The summed E-state index contributed by atoms with van der Waals surface area (Å²) in [7, 11) is 0. The molecule has 3 nitrogen and oxygen atoms in total. The van der Waals surface area contributed by atoms with Crippen LogP contribution in [0, 0.1) is 5.92 Å². The van der Waals surface area contributed by atoms with Crippen molar-refractivity contribution < 1.29 is 0 Å². The molecule has 0 spiro atoms. The third-order valence-electron chi connectivity index (χ3n) is 4.63. The second-order valence-electron chi connectivity index (χ2n) is 6.16. The first kappa shape index (κ1) is 15.6. The third-order valence-corrected chi connectivity index (χ3v) is 4.63. The van der Waals surface area contributed by atoms with Gasteiger partial charge in [-0.25, -0.2) is 4.98 Å². The van der Waals surface area contributed by atoms with Crippen LogP contribution < -0.4 is 5.32 Å². The van der Waals surface area contributed by atoms with Crippen molar-refractivity contribution in [2.45, 2.75) is 77.8 Å².